The van der Waals surface area contributed by atoms with Crippen LogP contribution in [0.2, 0.25) is 19.6 Å². The quantitative estimate of drug-likeness (QED) is 0.515. The van der Waals surface area contributed by atoms with Gasteiger partial charge in [0.25, 0.3) is 0 Å². The lowest BCUT2D eigenvalue weighted by Gasteiger charge is -2.35. The van der Waals surface area contributed by atoms with Crippen molar-refractivity contribution < 1.29 is 9.16 Å². The van der Waals surface area contributed by atoms with Crippen molar-refractivity contribution in [2.75, 3.05) is 0 Å². The number of hydrogen-bond donors (Lipinski definition) is 0. The molecule has 1 heterocycles. The summed E-state index contributed by atoms with van der Waals surface area (Å²) in [5.74, 6) is 0.829. The summed E-state index contributed by atoms with van der Waals surface area (Å²) in [5, 5.41) is 0. The minimum absolute atomic E-state index is 0.201. The molecule has 0 radical (unpaired) electrons. The normalized spacial score (nSPS) is 35.9. The average Bonchev–Trinajstić information content (AvgIpc) is 2.19. The Morgan fingerprint density at radius 2 is 2.29 bits per heavy atom. The number of fused-ring (bicyclic) bond motifs is 2. The van der Waals surface area contributed by atoms with Gasteiger partial charge in [-0.3, -0.25) is 0 Å². The van der Waals surface area contributed by atoms with Gasteiger partial charge in [-0.2, -0.15) is 0 Å². The molecule has 0 aromatic rings. The standard InChI is InChI=1S/C11H18O2Si/c1-9-11(13-14(2,3)4)7-5-6-10(8-11)12-9/h5-6,10H,1,7-8H2,2-4H3/t10-,11-/m0/s1. The van der Waals surface area contributed by atoms with Gasteiger partial charge < -0.3 is 9.16 Å². The van der Waals surface area contributed by atoms with E-state index < -0.39 is 8.32 Å². The molecular formula is C11H18O2Si. The first-order valence-corrected chi connectivity index (χ1v) is 8.55. The molecule has 1 saturated heterocycles. The van der Waals surface area contributed by atoms with Crippen LogP contribution in [0.5, 0.6) is 0 Å². The molecule has 1 aliphatic heterocycles. The second-order valence-electron chi connectivity index (χ2n) is 5.12. The third-order valence-corrected chi connectivity index (χ3v) is 3.64. The van der Waals surface area contributed by atoms with E-state index in [4.69, 9.17) is 9.16 Å². The highest BCUT2D eigenvalue weighted by Crippen LogP contribution is 2.44. The predicted molar refractivity (Wildman–Crippen MR) is 59.5 cm³/mol. The summed E-state index contributed by atoms with van der Waals surface area (Å²) in [6.07, 6.45) is 6.35. The van der Waals surface area contributed by atoms with E-state index in [2.05, 4.69) is 38.4 Å². The van der Waals surface area contributed by atoms with E-state index in [0.717, 1.165) is 18.6 Å². The number of ether oxygens (including phenoxy) is 1. The third-order valence-electron chi connectivity index (χ3n) is 2.63. The minimum atomic E-state index is -1.53. The molecule has 1 fully saturated rings. The second kappa shape index (κ2) is 2.97. The Hall–Kier alpha value is -0.543. The summed E-state index contributed by atoms with van der Waals surface area (Å²) in [5.41, 5.74) is -0.204. The lowest BCUT2D eigenvalue weighted by atomic mass is 9.90. The first-order valence-electron chi connectivity index (χ1n) is 5.14. The third kappa shape index (κ3) is 1.66. The molecule has 14 heavy (non-hydrogen) atoms. The van der Waals surface area contributed by atoms with E-state index in [1.165, 1.54) is 0 Å². The zero-order valence-corrected chi connectivity index (χ0v) is 10.2. The zero-order chi connectivity index (χ0) is 10.4. The first-order chi connectivity index (χ1) is 6.41. The van der Waals surface area contributed by atoms with Gasteiger partial charge in [0, 0.05) is 12.8 Å². The summed E-state index contributed by atoms with van der Waals surface area (Å²) in [6.45, 7) is 10.6. The molecule has 0 aromatic heterocycles. The lowest BCUT2D eigenvalue weighted by Crippen LogP contribution is -2.42. The monoisotopic (exact) mass is 210 g/mol. The average molecular weight is 210 g/mol. The van der Waals surface area contributed by atoms with E-state index in [1.54, 1.807) is 0 Å². The van der Waals surface area contributed by atoms with Gasteiger partial charge >= 0.3 is 0 Å². The Labute approximate surface area is 86.7 Å². The van der Waals surface area contributed by atoms with Crippen molar-refractivity contribution >= 4 is 8.32 Å². The zero-order valence-electron chi connectivity index (χ0n) is 9.17. The summed E-state index contributed by atoms with van der Waals surface area (Å²) in [4.78, 5) is 0. The van der Waals surface area contributed by atoms with Crippen molar-refractivity contribution in [2.45, 2.75) is 44.2 Å². The van der Waals surface area contributed by atoms with Gasteiger partial charge in [-0.1, -0.05) is 12.7 Å². The van der Waals surface area contributed by atoms with Crippen LogP contribution in [0.15, 0.2) is 24.5 Å². The van der Waals surface area contributed by atoms with Crippen LogP contribution < -0.4 is 0 Å². The smallest absolute Gasteiger partial charge is 0.185 e. The molecule has 2 rings (SSSR count). The highest BCUT2D eigenvalue weighted by Gasteiger charge is 2.48. The molecule has 0 spiro atoms. The molecule has 2 nitrogen and oxygen atoms in total. The largest absolute Gasteiger partial charge is 0.488 e. The topological polar surface area (TPSA) is 18.5 Å². The minimum Gasteiger partial charge on any atom is -0.488 e. The summed E-state index contributed by atoms with van der Waals surface area (Å²) in [6, 6.07) is 0. The Bertz CT molecular complexity index is 290. The highest BCUT2D eigenvalue weighted by molar-refractivity contribution is 6.69. The molecule has 0 N–H and O–H groups in total. The van der Waals surface area contributed by atoms with Crippen molar-refractivity contribution in [3.63, 3.8) is 0 Å². The van der Waals surface area contributed by atoms with Crippen LogP contribution >= 0.6 is 0 Å². The van der Waals surface area contributed by atoms with Crippen molar-refractivity contribution in [3.8, 4) is 0 Å². The highest BCUT2D eigenvalue weighted by atomic mass is 28.4. The van der Waals surface area contributed by atoms with Gasteiger partial charge in [0.2, 0.25) is 0 Å². The molecule has 3 heteroatoms. The van der Waals surface area contributed by atoms with Crippen LogP contribution in [0.1, 0.15) is 12.8 Å². The van der Waals surface area contributed by atoms with Crippen LogP contribution in [0, 0.1) is 0 Å². The van der Waals surface area contributed by atoms with Crippen molar-refractivity contribution in [3.05, 3.63) is 24.5 Å². The van der Waals surface area contributed by atoms with E-state index in [0.29, 0.717) is 0 Å². The lowest BCUT2D eigenvalue weighted by molar-refractivity contribution is 0.0964. The van der Waals surface area contributed by atoms with Crippen LogP contribution in [0.4, 0.5) is 0 Å². The molecule has 0 saturated carbocycles. The first kappa shape index (κ1) is 9.99. The van der Waals surface area contributed by atoms with Gasteiger partial charge in [-0.15, -0.1) is 0 Å². The van der Waals surface area contributed by atoms with E-state index in [1.807, 2.05) is 0 Å². The van der Waals surface area contributed by atoms with E-state index >= 15 is 0 Å². The van der Waals surface area contributed by atoms with Crippen LogP contribution in [-0.2, 0) is 9.16 Å². The van der Waals surface area contributed by atoms with Gasteiger partial charge in [-0.05, 0) is 25.7 Å². The molecule has 0 unspecified atom stereocenters. The van der Waals surface area contributed by atoms with E-state index in [9.17, 15) is 0 Å². The van der Waals surface area contributed by atoms with Crippen LogP contribution in [0.3, 0.4) is 0 Å². The van der Waals surface area contributed by atoms with Gasteiger partial charge in [0.1, 0.15) is 17.5 Å². The summed E-state index contributed by atoms with van der Waals surface area (Å²) in [7, 11) is -1.53. The molecular weight excluding hydrogens is 192 g/mol. The van der Waals surface area contributed by atoms with Crippen LogP contribution in [-0.4, -0.2) is 20.0 Å². The Balaban J connectivity index is 2.22. The van der Waals surface area contributed by atoms with E-state index in [-0.39, 0.29) is 11.7 Å². The molecule has 78 valence electrons. The second-order valence-corrected chi connectivity index (χ2v) is 9.55. The molecule has 2 bridgehead atoms. The van der Waals surface area contributed by atoms with Gasteiger partial charge in [0.15, 0.2) is 8.32 Å². The summed E-state index contributed by atoms with van der Waals surface area (Å²) >= 11 is 0. The molecule has 2 atom stereocenters. The maximum atomic E-state index is 6.23. The molecule has 1 aliphatic carbocycles. The van der Waals surface area contributed by atoms with Crippen molar-refractivity contribution in [1.82, 2.24) is 0 Å². The Morgan fingerprint density at radius 1 is 1.57 bits per heavy atom. The predicted octanol–water partition coefficient (Wildman–Crippen LogP) is 2.84. The maximum absolute atomic E-state index is 6.23. The molecule has 2 aliphatic rings. The summed E-state index contributed by atoms with van der Waals surface area (Å²) < 4.78 is 11.9. The Kier molecular flexibility index (Phi) is 2.12. The fourth-order valence-electron chi connectivity index (χ4n) is 2.21. The van der Waals surface area contributed by atoms with Gasteiger partial charge in [0.05, 0.1) is 0 Å². The van der Waals surface area contributed by atoms with Crippen molar-refractivity contribution in [2.24, 2.45) is 0 Å². The number of hydrogen-bond acceptors (Lipinski definition) is 2. The molecule has 0 amide bonds. The SMILES string of the molecule is C=C1O[C@H]2C=CC[C@]1(O[Si](C)(C)C)C2. The fourth-order valence-corrected chi connectivity index (χ4v) is 3.66. The molecule has 0 aromatic carbocycles. The fraction of sp³-hybridized carbons (Fsp3) is 0.636. The number of rotatable bonds is 2. The van der Waals surface area contributed by atoms with Crippen molar-refractivity contribution in [1.29, 1.82) is 0 Å². The van der Waals surface area contributed by atoms with Crippen LogP contribution in [0.25, 0.3) is 0 Å². The van der Waals surface area contributed by atoms with Gasteiger partial charge in [-0.25, -0.2) is 0 Å². The Morgan fingerprint density at radius 3 is 2.93 bits per heavy atom. The maximum Gasteiger partial charge on any atom is 0.185 e.